The monoisotopic (exact) mass is 528 g/mol. The minimum Gasteiger partial charge on any atom is -0.365 e. The fourth-order valence-electron chi connectivity index (χ4n) is 4.12. The average molecular weight is 530 g/mol. The molecule has 0 aromatic heterocycles. The lowest BCUT2D eigenvalue weighted by Gasteiger charge is -2.25. The Morgan fingerprint density at radius 3 is 2.35 bits per heavy atom. The molecule has 0 radical (unpaired) electrons. The van der Waals surface area contributed by atoms with Gasteiger partial charge in [-0.15, -0.1) is 24.8 Å². The molecule has 1 aliphatic heterocycles. The molecule has 0 aliphatic carbocycles. The van der Waals surface area contributed by atoms with Crippen LogP contribution in [0.25, 0.3) is 16.8 Å². The SMILES string of the molecule is Cl.Cl.Clc1ccc(C=CC2=NCCN(Cc3ccc4ccccc4c3)c3ccccc32)cc1Cl. The van der Waals surface area contributed by atoms with Crippen molar-refractivity contribution in [2.75, 3.05) is 18.0 Å². The number of nitrogens with zero attached hydrogens (tertiary/aromatic N) is 2. The Bertz CT molecular complexity index is 1350. The third-order valence-corrected chi connectivity index (χ3v) is 6.48. The maximum Gasteiger partial charge on any atom is 0.0668 e. The third-order valence-electron chi connectivity index (χ3n) is 5.74. The number of para-hydroxylation sites is 1. The number of aliphatic imine (C=N–C) groups is 1. The van der Waals surface area contributed by atoms with Crippen molar-refractivity contribution in [2.24, 2.45) is 4.99 Å². The number of allylic oxidation sites excluding steroid dienone is 1. The Hall–Kier alpha value is -2.49. The van der Waals surface area contributed by atoms with Crippen molar-refractivity contribution in [2.45, 2.75) is 6.54 Å². The van der Waals surface area contributed by atoms with Crippen molar-refractivity contribution in [1.82, 2.24) is 0 Å². The van der Waals surface area contributed by atoms with E-state index in [1.165, 1.54) is 22.0 Å². The molecule has 0 bridgehead atoms. The first-order chi connectivity index (χ1) is 15.7. The van der Waals surface area contributed by atoms with Crippen molar-refractivity contribution in [3.8, 4) is 0 Å². The second-order valence-electron chi connectivity index (χ2n) is 7.89. The van der Waals surface area contributed by atoms with Crippen molar-refractivity contribution >= 4 is 76.3 Å². The van der Waals surface area contributed by atoms with E-state index in [9.17, 15) is 0 Å². The number of benzodiazepines with no additional fused rings is 1. The largest absolute Gasteiger partial charge is 0.365 e. The normalized spacial score (nSPS) is 13.0. The van der Waals surface area contributed by atoms with Crippen LogP contribution in [0, 0.1) is 0 Å². The van der Waals surface area contributed by atoms with E-state index in [0.29, 0.717) is 10.0 Å². The van der Waals surface area contributed by atoms with Gasteiger partial charge in [-0.1, -0.05) is 89.9 Å². The Morgan fingerprint density at radius 2 is 1.53 bits per heavy atom. The number of rotatable bonds is 4. The number of hydrogen-bond acceptors (Lipinski definition) is 2. The van der Waals surface area contributed by atoms with Gasteiger partial charge < -0.3 is 4.90 Å². The van der Waals surface area contributed by atoms with Crippen molar-refractivity contribution < 1.29 is 0 Å². The minimum absolute atomic E-state index is 0. The van der Waals surface area contributed by atoms with Crippen molar-refractivity contribution in [3.05, 3.63) is 118 Å². The molecule has 0 atom stereocenters. The van der Waals surface area contributed by atoms with Crippen LogP contribution in [0.1, 0.15) is 16.7 Å². The van der Waals surface area contributed by atoms with Gasteiger partial charge in [-0.2, -0.15) is 0 Å². The number of anilines is 1. The molecule has 1 aliphatic rings. The second-order valence-corrected chi connectivity index (χ2v) is 8.71. The van der Waals surface area contributed by atoms with Crippen LogP contribution in [0.4, 0.5) is 5.69 Å². The Kier molecular flexibility index (Phi) is 9.04. The predicted octanol–water partition coefficient (Wildman–Crippen LogP) is 8.51. The van der Waals surface area contributed by atoms with Crippen molar-refractivity contribution in [1.29, 1.82) is 0 Å². The summed E-state index contributed by atoms with van der Waals surface area (Å²) in [4.78, 5) is 7.31. The zero-order valence-electron chi connectivity index (χ0n) is 18.3. The van der Waals surface area contributed by atoms with E-state index in [2.05, 4.69) is 77.7 Å². The highest BCUT2D eigenvalue weighted by atomic mass is 35.5. The molecule has 5 rings (SSSR count). The molecule has 0 fully saturated rings. The molecule has 0 saturated carbocycles. The van der Waals surface area contributed by atoms with Gasteiger partial charge in [0.05, 0.1) is 22.3 Å². The van der Waals surface area contributed by atoms with Gasteiger partial charge in [0.2, 0.25) is 0 Å². The van der Waals surface area contributed by atoms with Crippen LogP contribution in [-0.4, -0.2) is 18.8 Å². The summed E-state index contributed by atoms with van der Waals surface area (Å²) >= 11 is 12.2. The van der Waals surface area contributed by atoms with Crippen LogP contribution in [0.5, 0.6) is 0 Å². The molecule has 6 heteroatoms. The minimum atomic E-state index is 0. The van der Waals surface area contributed by atoms with E-state index >= 15 is 0 Å². The Labute approximate surface area is 222 Å². The van der Waals surface area contributed by atoms with Crippen LogP contribution >= 0.6 is 48.0 Å². The van der Waals surface area contributed by atoms with Gasteiger partial charge in [0.1, 0.15) is 0 Å². The Morgan fingerprint density at radius 1 is 0.765 bits per heavy atom. The molecular weight excluding hydrogens is 506 g/mol. The summed E-state index contributed by atoms with van der Waals surface area (Å²) in [7, 11) is 0. The lowest BCUT2D eigenvalue weighted by Crippen LogP contribution is -2.25. The van der Waals surface area contributed by atoms with E-state index < -0.39 is 0 Å². The molecule has 0 amide bonds. The average Bonchev–Trinajstić information content (AvgIpc) is 2.99. The van der Waals surface area contributed by atoms with E-state index in [1.807, 2.05) is 24.3 Å². The predicted molar refractivity (Wildman–Crippen MR) is 153 cm³/mol. The van der Waals surface area contributed by atoms with Crippen LogP contribution in [0.3, 0.4) is 0 Å². The third kappa shape index (κ3) is 5.76. The van der Waals surface area contributed by atoms with Crippen LogP contribution < -0.4 is 4.90 Å². The number of fused-ring (bicyclic) bond motifs is 2. The van der Waals surface area contributed by atoms with Crippen LogP contribution in [0.2, 0.25) is 10.0 Å². The highest BCUT2D eigenvalue weighted by molar-refractivity contribution is 6.42. The van der Waals surface area contributed by atoms with Gasteiger partial charge >= 0.3 is 0 Å². The van der Waals surface area contributed by atoms with Crippen LogP contribution in [-0.2, 0) is 6.54 Å². The molecule has 4 aromatic rings. The maximum absolute atomic E-state index is 6.17. The van der Waals surface area contributed by atoms with E-state index in [-0.39, 0.29) is 24.8 Å². The first-order valence-electron chi connectivity index (χ1n) is 10.7. The first-order valence-corrected chi connectivity index (χ1v) is 11.4. The summed E-state index contributed by atoms with van der Waals surface area (Å²) in [5, 5.41) is 3.66. The van der Waals surface area contributed by atoms with Gasteiger partial charge in [0.15, 0.2) is 0 Å². The van der Waals surface area contributed by atoms with Crippen LogP contribution in [0.15, 0.2) is 96.0 Å². The number of halogens is 4. The molecular formula is C28H24Cl4N2. The quantitative estimate of drug-likeness (QED) is 0.258. The molecule has 0 unspecified atom stereocenters. The molecule has 4 aromatic carbocycles. The van der Waals surface area contributed by atoms with Gasteiger partial charge in [-0.05, 0) is 52.2 Å². The van der Waals surface area contributed by atoms with E-state index in [1.54, 1.807) is 0 Å². The topological polar surface area (TPSA) is 15.6 Å². The zero-order chi connectivity index (χ0) is 21.9. The highest BCUT2D eigenvalue weighted by Gasteiger charge is 2.17. The maximum atomic E-state index is 6.17. The molecule has 174 valence electrons. The molecule has 0 saturated heterocycles. The molecule has 0 N–H and O–H groups in total. The lowest BCUT2D eigenvalue weighted by molar-refractivity contribution is 0.798. The summed E-state index contributed by atoms with van der Waals surface area (Å²) in [6.07, 6.45) is 4.11. The summed E-state index contributed by atoms with van der Waals surface area (Å²) in [5.74, 6) is 0. The number of benzene rings is 4. The van der Waals surface area contributed by atoms with Gasteiger partial charge in [0.25, 0.3) is 0 Å². The number of hydrogen-bond donors (Lipinski definition) is 0. The summed E-state index contributed by atoms with van der Waals surface area (Å²) in [6.45, 7) is 2.46. The fraction of sp³-hybridized carbons (Fsp3) is 0.107. The zero-order valence-corrected chi connectivity index (χ0v) is 21.5. The first kappa shape index (κ1) is 26.1. The molecule has 0 spiro atoms. The summed E-state index contributed by atoms with van der Waals surface area (Å²) in [5.41, 5.74) is 5.62. The molecule has 1 heterocycles. The van der Waals surface area contributed by atoms with Gasteiger partial charge in [-0.25, -0.2) is 0 Å². The second kappa shape index (κ2) is 11.8. The van der Waals surface area contributed by atoms with E-state index in [4.69, 9.17) is 28.2 Å². The summed E-state index contributed by atoms with van der Waals surface area (Å²) < 4.78 is 0. The van der Waals surface area contributed by atoms with Gasteiger partial charge in [0, 0.05) is 24.3 Å². The molecule has 34 heavy (non-hydrogen) atoms. The Balaban J connectivity index is 0.00000162. The smallest absolute Gasteiger partial charge is 0.0668 e. The standard InChI is InChI=1S/C28H22Cl2N2.2ClH/c29-25-13-10-20(18-26(25)30)11-14-27-24-7-3-4-8-28(24)32(16-15-31-27)19-21-9-12-22-5-1-2-6-23(22)17-21;;/h1-14,17-18H,15-16,19H2;2*1H. The summed E-state index contributed by atoms with van der Waals surface area (Å²) in [6, 6.07) is 29.4. The van der Waals surface area contributed by atoms with E-state index in [0.717, 1.165) is 36.5 Å². The van der Waals surface area contributed by atoms with Crippen molar-refractivity contribution in [3.63, 3.8) is 0 Å². The fourth-order valence-corrected chi connectivity index (χ4v) is 4.42. The molecule has 2 nitrogen and oxygen atoms in total. The lowest BCUT2D eigenvalue weighted by atomic mass is 10.0. The van der Waals surface area contributed by atoms with Gasteiger partial charge in [-0.3, -0.25) is 4.99 Å². The highest BCUT2D eigenvalue weighted by Crippen LogP contribution is 2.28.